The van der Waals surface area contributed by atoms with Crippen LogP contribution in [-0.2, 0) is 9.53 Å². The molecule has 1 spiro atoms. The number of likely N-dealkylation sites (tertiary alicyclic amines) is 1. The van der Waals surface area contributed by atoms with Crippen molar-refractivity contribution < 1.29 is 23.5 Å². The van der Waals surface area contributed by atoms with Crippen LogP contribution >= 0.6 is 0 Å². The van der Waals surface area contributed by atoms with Crippen LogP contribution in [0.2, 0.25) is 0 Å². The van der Waals surface area contributed by atoms with E-state index >= 15 is 0 Å². The summed E-state index contributed by atoms with van der Waals surface area (Å²) in [5.41, 5.74) is 0.543. The molecule has 1 saturated carbocycles. The van der Waals surface area contributed by atoms with E-state index < -0.39 is 0 Å². The summed E-state index contributed by atoms with van der Waals surface area (Å²) < 4.78 is 24.8. The van der Waals surface area contributed by atoms with Crippen LogP contribution in [0.5, 0.6) is 5.75 Å². The Balaban J connectivity index is 1.25. The number of carbonyl (C=O) groups is 2. The van der Waals surface area contributed by atoms with E-state index in [1.807, 2.05) is 24.8 Å². The molecule has 7 heteroatoms. The molecule has 1 unspecified atom stereocenters. The van der Waals surface area contributed by atoms with Crippen molar-refractivity contribution >= 4 is 12.0 Å². The number of carbonyl (C=O) groups excluding carboxylic acids is 2. The number of cyclic esters (lactones) is 1. The van der Waals surface area contributed by atoms with E-state index in [0.29, 0.717) is 38.5 Å². The van der Waals surface area contributed by atoms with Gasteiger partial charge in [0.15, 0.2) is 11.6 Å². The Hall–Kier alpha value is -2.31. The molecule has 2 amide bonds. The topological polar surface area (TPSA) is 67.9 Å². The van der Waals surface area contributed by atoms with Crippen molar-refractivity contribution in [2.75, 3.05) is 19.7 Å². The first kappa shape index (κ1) is 19.0. The molecule has 1 N–H and O–H groups in total. The Morgan fingerprint density at radius 1 is 1.36 bits per heavy atom. The van der Waals surface area contributed by atoms with E-state index in [4.69, 9.17) is 9.47 Å². The van der Waals surface area contributed by atoms with Gasteiger partial charge in [-0.15, -0.1) is 0 Å². The lowest BCUT2D eigenvalue weighted by Gasteiger charge is -2.45. The van der Waals surface area contributed by atoms with Gasteiger partial charge in [0.05, 0.1) is 11.6 Å². The third kappa shape index (κ3) is 3.66. The van der Waals surface area contributed by atoms with E-state index in [1.54, 1.807) is 6.07 Å². The van der Waals surface area contributed by atoms with Gasteiger partial charge < -0.3 is 19.7 Å². The summed E-state index contributed by atoms with van der Waals surface area (Å²) in [5, 5.41) is 2.83. The molecule has 2 heterocycles. The first-order chi connectivity index (χ1) is 13.3. The average molecular weight is 390 g/mol. The van der Waals surface area contributed by atoms with Crippen molar-refractivity contribution in [3.8, 4) is 5.75 Å². The summed E-state index contributed by atoms with van der Waals surface area (Å²) in [4.78, 5) is 25.9. The molecule has 2 aliphatic heterocycles. The zero-order valence-corrected chi connectivity index (χ0v) is 16.4. The number of hydrogen-bond donors (Lipinski definition) is 1. The zero-order valence-electron chi connectivity index (χ0n) is 16.4. The number of halogens is 1. The first-order valence-corrected chi connectivity index (χ1v) is 10.0. The number of benzene rings is 1. The molecule has 1 aromatic rings. The predicted molar refractivity (Wildman–Crippen MR) is 100 cm³/mol. The van der Waals surface area contributed by atoms with Gasteiger partial charge in [0.1, 0.15) is 6.61 Å². The fraction of sp³-hybridized carbons (Fsp3) is 0.619. The lowest BCUT2D eigenvalue weighted by molar-refractivity contribution is -0.143. The van der Waals surface area contributed by atoms with Crippen LogP contribution in [0.1, 0.15) is 38.2 Å². The van der Waals surface area contributed by atoms with Crippen molar-refractivity contribution in [1.29, 1.82) is 0 Å². The molecule has 0 aromatic heterocycles. The molecule has 1 aromatic carbocycles. The Morgan fingerprint density at radius 2 is 2.07 bits per heavy atom. The standard InChI is InChI=1S/C21H27FN2O4/c1-13-3-4-18(17(22)9-13)28-14(2)15-5-7-24(8-6-15)19(25)16-10-21(11-16)12-27-20(26)23-21/h3-4,9,14-16H,5-8,10-12H2,1-2H3,(H,23,26)/t14?,16-,21-. The normalized spacial score (nSPS) is 28.5. The van der Waals surface area contributed by atoms with Crippen molar-refractivity contribution in [3.05, 3.63) is 29.6 Å². The third-order valence-corrected chi connectivity index (χ3v) is 6.39. The highest BCUT2D eigenvalue weighted by Crippen LogP contribution is 2.42. The maximum Gasteiger partial charge on any atom is 0.407 e. The molecule has 152 valence electrons. The van der Waals surface area contributed by atoms with Gasteiger partial charge in [0.25, 0.3) is 0 Å². The molecule has 1 aliphatic carbocycles. The fourth-order valence-electron chi connectivity index (χ4n) is 4.62. The van der Waals surface area contributed by atoms with Gasteiger partial charge in [-0.25, -0.2) is 9.18 Å². The Bertz CT molecular complexity index is 770. The van der Waals surface area contributed by atoms with Gasteiger partial charge in [-0.2, -0.15) is 0 Å². The van der Waals surface area contributed by atoms with Gasteiger partial charge >= 0.3 is 6.09 Å². The van der Waals surface area contributed by atoms with Gasteiger partial charge in [-0.3, -0.25) is 4.79 Å². The summed E-state index contributed by atoms with van der Waals surface area (Å²) >= 11 is 0. The molecule has 28 heavy (non-hydrogen) atoms. The second kappa shape index (κ2) is 7.26. The van der Waals surface area contributed by atoms with Crippen molar-refractivity contribution in [3.63, 3.8) is 0 Å². The van der Waals surface area contributed by atoms with Crippen LogP contribution < -0.4 is 10.1 Å². The molecule has 4 rings (SSSR count). The van der Waals surface area contributed by atoms with Gasteiger partial charge in [0, 0.05) is 19.0 Å². The minimum absolute atomic E-state index is 0.0334. The summed E-state index contributed by atoms with van der Waals surface area (Å²) in [6, 6.07) is 5.00. The number of rotatable bonds is 4. The van der Waals surface area contributed by atoms with Crippen LogP contribution in [0.25, 0.3) is 0 Å². The second-order valence-electron chi connectivity index (χ2n) is 8.51. The number of nitrogens with one attached hydrogen (secondary N) is 1. The van der Waals surface area contributed by atoms with E-state index in [-0.39, 0.29) is 41.1 Å². The second-order valence-corrected chi connectivity index (χ2v) is 8.51. The van der Waals surface area contributed by atoms with Crippen LogP contribution in [0.15, 0.2) is 18.2 Å². The van der Waals surface area contributed by atoms with Crippen molar-refractivity contribution in [2.24, 2.45) is 11.8 Å². The number of alkyl carbamates (subject to hydrolysis) is 1. The number of amides is 2. The summed E-state index contributed by atoms with van der Waals surface area (Å²) in [5.74, 6) is 0.385. The van der Waals surface area contributed by atoms with Crippen molar-refractivity contribution in [2.45, 2.75) is 51.2 Å². The highest BCUT2D eigenvalue weighted by Gasteiger charge is 2.53. The molecule has 2 saturated heterocycles. The number of ether oxygens (including phenoxy) is 2. The quantitative estimate of drug-likeness (QED) is 0.858. The molecule has 1 atom stereocenters. The Morgan fingerprint density at radius 3 is 2.68 bits per heavy atom. The smallest absolute Gasteiger partial charge is 0.407 e. The van der Waals surface area contributed by atoms with E-state index in [9.17, 15) is 14.0 Å². The Labute approximate surface area is 164 Å². The predicted octanol–water partition coefficient (Wildman–Crippen LogP) is 3.03. The third-order valence-electron chi connectivity index (χ3n) is 6.39. The first-order valence-electron chi connectivity index (χ1n) is 10.0. The minimum atomic E-state index is -0.384. The molecule has 6 nitrogen and oxygen atoms in total. The minimum Gasteiger partial charge on any atom is -0.487 e. The Kier molecular flexibility index (Phi) is 4.93. The number of aryl methyl sites for hydroxylation is 1. The largest absolute Gasteiger partial charge is 0.487 e. The summed E-state index contributed by atoms with van der Waals surface area (Å²) in [6.45, 7) is 5.57. The van der Waals surface area contributed by atoms with Crippen molar-refractivity contribution in [1.82, 2.24) is 10.2 Å². The SMILES string of the molecule is Cc1ccc(OC(C)C2CCN(C(=O)[C@H]3C[C@@]4(COC(=O)N4)C3)CC2)c(F)c1. The summed E-state index contributed by atoms with van der Waals surface area (Å²) in [6.07, 6.45) is 2.52. The molecule has 0 bridgehead atoms. The zero-order chi connectivity index (χ0) is 19.9. The molecule has 3 aliphatic rings. The van der Waals surface area contributed by atoms with E-state index in [2.05, 4.69) is 5.32 Å². The fourth-order valence-corrected chi connectivity index (χ4v) is 4.62. The monoisotopic (exact) mass is 390 g/mol. The van der Waals surface area contributed by atoms with Crippen LogP contribution in [0.4, 0.5) is 9.18 Å². The van der Waals surface area contributed by atoms with Crippen LogP contribution in [0.3, 0.4) is 0 Å². The van der Waals surface area contributed by atoms with E-state index in [1.165, 1.54) is 6.07 Å². The van der Waals surface area contributed by atoms with Crippen LogP contribution in [0, 0.1) is 24.6 Å². The maximum atomic E-state index is 14.0. The van der Waals surface area contributed by atoms with Gasteiger partial charge in [-0.1, -0.05) is 6.07 Å². The van der Waals surface area contributed by atoms with E-state index in [0.717, 1.165) is 18.4 Å². The summed E-state index contributed by atoms with van der Waals surface area (Å²) in [7, 11) is 0. The van der Waals surface area contributed by atoms with Gasteiger partial charge in [0.2, 0.25) is 5.91 Å². The molecular weight excluding hydrogens is 363 g/mol. The van der Waals surface area contributed by atoms with Crippen LogP contribution in [-0.4, -0.2) is 48.2 Å². The number of hydrogen-bond acceptors (Lipinski definition) is 4. The lowest BCUT2D eigenvalue weighted by Crippen LogP contribution is -2.58. The van der Waals surface area contributed by atoms with Gasteiger partial charge in [-0.05, 0) is 63.1 Å². The highest BCUT2D eigenvalue weighted by molar-refractivity contribution is 5.81. The average Bonchev–Trinajstić information content (AvgIpc) is 3.04. The lowest BCUT2D eigenvalue weighted by atomic mass is 9.68. The maximum absolute atomic E-state index is 14.0. The molecular formula is C21H27FN2O4. The number of piperidine rings is 1. The number of nitrogens with zero attached hydrogens (tertiary/aromatic N) is 1. The molecule has 3 fully saturated rings. The molecule has 0 radical (unpaired) electrons. The highest BCUT2D eigenvalue weighted by atomic mass is 19.1.